The molecule has 178 valence electrons. The van der Waals surface area contributed by atoms with Gasteiger partial charge in [-0.05, 0) is 56.2 Å². The van der Waals surface area contributed by atoms with Crippen molar-refractivity contribution in [3.8, 4) is 5.75 Å². The van der Waals surface area contributed by atoms with E-state index in [-0.39, 0.29) is 23.4 Å². The van der Waals surface area contributed by atoms with Gasteiger partial charge in [0, 0.05) is 50.0 Å². The Kier molecular flexibility index (Phi) is 7.58. The predicted molar refractivity (Wildman–Crippen MR) is 117 cm³/mol. The van der Waals surface area contributed by atoms with E-state index in [1.54, 1.807) is 13.0 Å². The van der Waals surface area contributed by atoms with Crippen molar-refractivity contribution in [1.82, 2.24) is 15.1 Å². The van der Waals surface area contributed by atoms with E-state index >= 15 is 0 Å². The van der Waals surface area contributed by atoms with Crippen LogP contribution in [0.15, 0.2) is 35.7 Å². The fraction of sp³-hybridized carbons (Fsp3) is 0.545. The lowest BCUT2D eigenvalue weighted by molar-refractivity contribution is -0.137. The van der Waals surface area contributed by atoms with E-state index in [2.05, 4.69) is 15.1 Å². The average Bonchev–Trinajstić information content (AvgIpc) is 2.69. The van der Waals surface area contributed by atoms with Crippen molar-refractivity contribution in [2.24, 2.45) is 11.5 Å². The van der Waals surface area contributed by atoms with E-state index < -0.39 is 17.5 Å². The topological polar surface area (TPSA) is 111 Å². The van der Waals surface area contributed by atoms with Crippen LogP contribution in [-0.2, 0) is 6.18 Å². The third-order valence-electron chi connectivity index (χ3n) is 5.96. The molecular formula is C22H32F3N5O2. The Labute approximate surface area is 186 Å². The number of phenolic OH excluding ortho intramolecular Hbond substituents is 1. The minimum atomic E-state index is -4.54. The number of hydrogen-bond acceptors (Lipinski definition) is 7. The van der Waals surface area contributed by atoms with Crippen molar-refractivity contribution in [3.05, 3.63) is 46.8 Å². The van der Waals surface area contributed by atoms with Gasteiger partial charge in [-0.1, -0.05) is 0 Å². The smallest absolute Gasteiger partial charge is 0.416 e. The van der Waals surface area contributed by atoms with E-state index in [9.17, 15) is 23.4 Å². The highest BCUT2D eigenvalue weighted by Gasteiger charge is 2.31. The molecule has 0 radical (unpaired) electrons. The molecule has 0 saturated carbocycles. The molecule has 10 heteroatoms. The van der Waals surface area contributed by atoms with Gasteiger partial charge in [0.05, 0.1) is 17.5 Å². The molecule has 1 aromatic rings. The highest BCUT2D eigenvalue weighted by molar-refractivity contribution is 5.72. The second-order valence-corrected chi connectivity index (χ2v) is 8.62. The zero-order chi connectivity index (χ0) is 23.5. The van der Waals surface area contributed by atoms with Gasteiger partial charge in [-0.25, -0.2) is 0 Å². The Hall–Kier alpha value is -2.43. The molecule has 2 heterocycles. The summed E-state index contributed by atoms with van der Waals surface area (Å²) in [6, 6.07) is 2.89. The van der Waals surface area contributed by atoms with Crippen molar-refractivity contribution in [2.45, 2.75) is 38.1 Å². The highest BCUT2D eigenvalue weighted by atomic mass is 19.4. The number of halogens is 3. The second-order valence-electron chi connectivity index (χ2n) is 8.62. The summed E-state index contributed by atoms with van der Waals surface area (Å²) >= 11 is 0. The molecule has 0 amide bonds. The van der Waals surface area contributed by atoms with Crippen LogP contribution in [0, 0.1) is 0 Å². The molecule has 2 aliphatic heterocycles. The summed E-state index contributed by atoms with van der Waals surface area (Å²) in [6.45, 7) is 6.92. The standard InChI is InChI=1S/C22H32F3N5O2/c1-14(21(27)18-5-4-15(10-19(18)32)22(23,24)25)9-20(26)28-16-3-2-6-29(11-16)7-8-30-12-17(31)13-30/h4-5,9-10,16-17,28,31-32H,2-3,6-8,11-13,26-27H2,1H3/b20-9+,21-14-. The Morgan fingerprint density at radius 2 is 1.88 bits per heavy atom. The Balaban J connectivity index is 1.59. The fourth-order valence-corrected chi connectivity index (χ4v) is 4.12. The summed E-state index contributed by atoms with van der Waals surface area (Å²) < 4.78 is 38.4. The van der Waals surface area contributed by atoms with Gasteiger partial charge in [-0.3, -0.25) is 4.90 Å². The van der Waals surface area contributed by atoms with Crippen LogP contribution >= 0.6 is 0 Å². The molecular weight excluding hydrogens is 423 g/mol. The molecule has 32 heavy (non-hydrogen) atoms. The molecule has 7 nitrogen and oxygen atoms in total. The van der Waals surface area contributed by atoms with Crippen molar-refractivity contribution >= 4 is 5.70 Å². The number of aromatic hydroxyl groups is 1. The fourth-order valence-electron chi connectivity index (χ4n) is 4.12. The maximum atomic E-state index is 12.8. The molecule has 0 spiro atoms. The van der Waals surface area contributed by atoms with Crippen LogP contribution in [0.2, 0.25) is 0 Å². The molecule has 7 N–H and O–H groups in total. The number of β-amino-alcohol motifs (C(OH)–C–C–N with tert-alkyl or cyclic N) is 1. The van der Waals surface area contributed by atoms with Gasteiger partial charge in [-0.2, -0.15) is 13.2 Å². The lowest BCUT2D eigenvalue weighted by Crippen LogP contribution is -2.54. The normalized spacial score (nSPS) is 22.4. The summed E-state index contributed by atoms with van der Waals surface area (Å²) in [5, 5.41) is 22.7. The molecule has 1 aromatic carbocycles. The summed E-state index contributed by atoms with van der Waals surface area (Å²) in [7, 11) is 0. The molecule has 1 atom stereocenters. The lowest BCUT2D eigenvalue weighted by atomic mass is 10.0. The van der Waals surface area contributed by atoms with Crippen molar-refractivity contribution in [3.63, 3.8) is 0 Å². The summed E-state index contributed by atoms with van der Waals surface area (Å²) in [6.07, 6.45) is -1.08. The average molecular weight is 456 g/mol. The number of phenols is 1. The van der Waals surface area contributed by atoms with Crippen LogP contribution < -0.4 is 16.8 Å². The number of hydrogen-bond donors (Lipinski definition) is 5. The summed E-state index contributed by atoms with van der Waals surface area (Å²) in [5.74, 6) is -0.121. The van der Waals surface area contributed by atoms with E-state index in [4.69, 9.17) is 11.5 Å². The first-order valence-corrected chi connectivity index (χ1v) is 10.8. The Bertz CT molecular complexity index is 866. The number of nitrogens with two attached hydrogens (primary N) is 2. The van der Waals surface area contributed by atoms with Gasteiger partial charge >= 0.3 is 6.18 Å². The molecule has 1 unspecified atom stereocenters. The van der Waals surface area contributed by atoms with Gasteiger partial charge in [0.25, 0.3) is 0 Å². The number of piperidine rings is 1. The number of nitrogens with zero attached hydrogens (tertiary/aromatic N) is 2. The van der Waals surface area contributed by atoms with Crippen molar-refractivity contribution in [2.75, 3.05) is 39.3 Å². The van der Waals surface area contributed by atoms with Crippen molar-refractivity contribution in [1.29, 1.82) is 0 Å². The first kappa shape index (κ1) is 24.2. The zero-order valence-corrected chi connectivity index (χ0v) is 18.2. The Morgan fingerprint density at radius 3 is 2.50 bits per heavy atom. The maximum absolute atomic E-state index is 12.8. The first-order valence-electron chi connectivity index (χ1n) is 10.8. The number of aliphatic hydroxyl groups excluding tert-OH is 1. The Morgan fingerprint density at radius 1 is 1.19 bits per heavy atom. The highest BCUT2D eigenvalue weighted by Crippen LogP contribution is 2.34. The summed E-state index contributed by atoms with van der Waals surface area (Å²) in [5.41, 5.74) is 12.1. The van der Waals surface area contributed by atoms with Crippen LogP contribution in [0.25, 0.3) is 5.70 Å². The molecule has 2 fully saturated rings. The van der Waals surface area contributed by atoms with Crippen LogP contribution in [0.3, 0.4) is 0 Å². The number of aliphatic hydroxyl groups is 1. The number of benzene rings is 1. The number of allylic oxidation sites excluding steroid dienone is 2. The molecule has 2 saturated heterocycles. The van der Waals surface area contributed by atoms with E-state index in [1.165, 1.54) is 0 Å². The largest absolute Gasteiger partial charge is 0.507 e. The van der Waals surface area contributed by atoms with Crippen LogP contribution in [0.4, 0.5) is 13.2 Å². The van der Waals surface area contributed by atoms with Gasteiger partial charge in [0.2, 0.25) is 0 Å². The number of alkyl halides is 3. The lowest BCUT2D eigenvalue weighted by Gasteiger charge is -2.39. The van der Waals surface area contributed by atoms with E-state index in [0.29, 0.717) is 17.5 Å². The van der Waals surface area contributed by atoms with Gasteiger partial charge in [0.15, 0.2) is 0 Å². The second kappa shape index (κ2) is 10.0. The number of nitrogens with one attached hydrogen (secondary N) is 1. The number of rotatable bonds is 7. The third kappa shape index (κ3) is 6.30. The maximum Gasteiger partial charge on any atom is 0.416 e. The minimum Gasteiger partial charge on any atom is -0.507 e. The molecule has 0 aromatic heterocycles. The quantitative estimate of drug-likeness (QED) is 0.398. The molecule has 0 bridgehead atoms. The predicted octanol–water partition coefficient (Wildman–Crippen LogP) is 1.63. The van der Waals surface area contributed by atoms with Crippen LogP contribution in [0.5, 0.6) is 5.75 Å². The third-order valence-corrected chi connectivity index (χ3v) is 5.96. The zero-order valence-electron chi connectivity index (χ0n) is 18.2. The van der Waals surface area contributed by atoms with Crippen LogP contribution in [-0.4, -0.2) is 71.4 Å². The van der Waals surface area contributed by atoms with Crippen LogP contribution in [0.1, 0.15) is 30.9 Å². The van der Waals surface area contributed by atoms with Crippen molar-refractivity contribution < 1.29 is 23.4 Å². The first-order chi connectivity index (χ1) is 15.0. The molecule has 3 rings (SSSR count). The number of likely N-dealkylation sites (tertiary alicyclic amines) is 2. The summed E-state index contributed by atoms with van der Waals surface area (Å²) in [4.78, 5) is 4.60. The van der Waals surface area contributed by atoms with Gasteiger partial charge in [0.1, 0.15) is 5.75 Å². The molecule has 2 aliphatic rings. The van der Waals surface area contributed by atoms with Gasteiger partial charge < -0.3 is 31.9 Å². The molecule has 0 aliphatic carbocycles. The van der Waals surface area contributed by atoms with Gasteiger partial charge in [-0.15, -0.1) is 0 Å². The van der Waals surface area contributed by atoms with E-state index in [0.717, 1.165) is 64.2 Å². The van der Waals surface area contributed by atoms with E-state index in [1.807, 2.05) is 0 Å². The SMILES string of the molecule is CC(/C=C(\N)NC1CCCN(CCN2CC(O)C2)C1)=C(/N)c1ccc(C(F)(F)F)cc1O. The monoisotopic (exact) mass is 455 g/mol. The minimum absolute atomic E-state index is 0.125.